The Kier molecular flexibility index (Phi) is 6.90. The lowest BCUT2D eigenvalue weighted by Crippen LogP contribution is -2.21. The summed E-state index contributed by atoms with van der Waals surface area (Å²) < 4.78 is 0. The second-order valence-corrected chi connectivity index (χ2v) is 5.39. The first kappa shape index (κ1) is 17.2. The van der Waals surface area contributed by atoms with E-state index >= 15 is 0 Å². The number of allylic oxidation sites excluding steroid dienone is 1. The van der Waals surface area contributed by atoms with Gasteiger partial charge in [-0.1, -0.05) is 6.58 Å². The number of aliphatic hydroxyl groups excluding tert-OH is 1. The van der Waals surface area contributed by atoms with Gasteiger partial charge in [-0.25, -0.2) is 9.97 Å². The highest BCUT2D eigenvalue weighted by Gasteiger charge is 2.13. The van der Waals surface area contributed by atoms with Gasteiger partial charge in [-0.3, -0.25) is 4.79 Å². The van der Waals surface area contributed by atoms with Crippen molar-refractivity contribution < 1.29 is 9.90 Å². The maximum atomic E-state index is 11.4. The molecule has 0 bridgehead atoms. The van der Waals surface area contributed by atoms with Crippen molar-refractivity contribution in [2.45, 2.75) is 26.8 Å². The summed E-state index contributed by atoms with van der Waals surface area (Å²) in [5.41, 5.74) is 7.28. The lowest BCUT2D eigenvalue weighted by atomic mass is 10.2. The van der Waals surface area contributed by atoms with Crippen LogP contribution in [-0.4, -0.2) is 33.0 Å². The molecule has 0 fully saturated rings. The van der Waals surface area contributed by atoms with Crippen LogP contribution in [-0.2, 0) is 11.3 Å². The number of aromatic nitrogens is 2. The van der Waals surface area contributed by atoms with Gasteiger partial charge in [0, 0.05) is 35.4 Å². The molecule has 1 aromatic heterocycles. The maximum Gasteiger partial charge on any atom is 0.214 e. The Bertz CT molecular complexity index is 546. The molecule has 0 aliphatic heterocycles. The fourth-order valence-corrected chi connectivity index (χ4v) is 2.44. The molecule has 0 radical (unpaired) electrons. The predicted molar refractivity (Wildman–Crippen MR) is 85.0 cm³/mol. The summed E-state index contributed by atoms with van der Waals surface area (Å²) in [6.07, 6.45) is 2.82. The van der Waals surface area contributed by atoms with Crippen LogP contribution in [0.2, 0.25) is 0 Å². The molecule has 3 N–H and O–H groups in total. The molecule has 1 rings (SSSR count). The molecule has 1 heterocycles. The summed E-state index contributed by atoms with van der Waals surface area (Å²) >= 11 is 1.39. The Balaban J connectivity index is 3.02. The molecule has 1 aromatic rings. The van der Waals surface area contributed by atoms with Crippen molar-refractivity contribution in [3.05, 3.63) is 40.2 Å². The van der Waals surface area contributed by atoms with Gasteiger partial charge >= 0.3 is 0 Å². The van der Waals surface area contributed by atoms with Crippen LogP contribution in [0.1, 0.15) is 24.7 Å². The van der Waals surface area contributed by atoms with Crippen LogP contribution in [0.25, 0.3) is 0 Å². The summed E-state index contributed by atoms with van der Waals surface area (Å²) in [5, 5.41) is 10.8. The molecule has 114 valence electrons. The number of hydrogen-bond acceptors (Lipinski definition) is 6. The number of amides is 1. The largest absolute Gasteiger partial charge is 0.396 e. The predicted octanol–water partition coefficient (Wildman–Crippen LogP) is 1.82. The Morgan fingerprint density at radius 2 is 2.33 bits per heavy atom. The van der Waals surface area contributed by atoms with E-state index in [1.54, 1.807) is 18.5 Å². The zero-order valence-corrected chi connectivity index (χ0v) is 13.1. The fourth-order valence-electron chi connectivity index (χ4n) is 1.74. The number of aliphatic hydroxyl groups is 1. The zero-order valence-electron chi connectivity index (χ0n) is 12.2. The van der Waals surface area contributed by atoms with E-state index in [0.717, 1.165) is 17.0 Å². The van der Waals surface area contributed by atoms with Crippen molar-refractivity contribution in [3.63, 3.8) is 0 Å². The van der Waals surface area contributed by atoms with Crippen molar-refractivity contribution in [1.29, 1.82) is 0 Å². The number of anilines is 1. The molecule has 0 saturated carbocycles. The Morgan fingerprint density at radius 3 is 2.86 bits per heavy atom. The standard InChI is InChI=1S/C14H20N4O2S/c1-4-21-13(5-6-19)10(2)18(9-20)8-12-7-16-11(3)17-14(12)15/h4,7,9,19H,1,5-6,8H2,2-3H3,(H2,15,16,17)/b13-10-. The number of carbonyl (C=O) groups excluding carboxylic acids is 1. The van der Waals surface area contributed by atoms with Crippen molar-refractivity contribution in [2.24, 2.45) is 0 Å². The molecular formula is C14H20N4O2S. The van der Waals surface area contributed by atoms with Gasteiger partial charge < -0.3 is 15.7 Å². The maximum absolute atomic E-state index is 11.4. The smallest absolute Gasteiger partial charge is 0.214 e. The van der Waals surface area contributed by atoms with E-state index in [1.165, 1.54) is 16.7 Å². The molecule has 6 nitrogen and oxygen atoms in total. The van der Waals surface area contributed by atoms with Gasteiger partial charge in [-0.2, -0.15) is 0 Å². The van der Waals surface area contributed by atoms with E-state index < -0.39 is 0 Å². The Labute approximate surface area is 128 Å². The third-order valence-electron chi connectivity index (χ3n) is 2.89. The van der Waals surface area contributed by atoms with Gasteiger partial charge in [-0.05, 0) is 19.3 Å². The molecule has 0 aromatic carbocycles. The summed E-state index contributed by atoms with van der Waals surface area (Å²) in [4.78, 5) is 21.9. The van der Waals surface area contributed by atoms with Gasteiger partial charge in [0.1, 0.15) is 11.6 Å². The summed E-state index contributed by atoms with van der Waals surface area (Å²) in [5.74, 6) is 0.951. The van der Waals surface area contributed by atoms with Gasteiger partial charge in [0.2, 0.25) is 6.41 Å². The van der Waals surface area contributed by atoms with Gasteiger partial charge in [0.25, 0.3) is 0 Å². The molecule has 7 heteroatoms. The van der Waals surface area contributed by atoms with Crippen LogP contribution >= 0.6 is 11.8 Å². The molecule has 0 aliphatic rings. The van der Waals surface area contributed by atoms with E-state index in [-0.39, 0.29) is 13.2 Å². The number of nitrogen functional groups attached to an aromatic ring is 1. The summed E-state index contributed by atoms with van der Waals surface area (Å²) in [6, 6.07) is 0. The lowest BCUT2D eigenvalue weighted by Gasteiger charge is -2.21. The first-order chi connectivity index (χ1) is 10.0. The number of carbonyl (C=O) groups is 1. The minimum absolute atomic E-state index is 0.00991. The van der Waals surface area contributed by atoms with Crippen LogP contribution in [0.15, 0.2) is 28.8 Å². The fraction of sp³-hybridized carbons (Fsp3) is 0.357. The number of thioether (sulfide) groups is 1. The van der Waals surface area contributed by atoms with Crippen molar-refractivity contribution in [3.8, 4) is 0 Å². The second kappa shape index (κ2) is 8.43. The van der Waals surface area contributed by atoms with Gasteiger partial charge in [-0.15, -0.1) is 11.8 Å². The van der Waals surface area contributed by atoms with Crippen molar-refractivity contribution in [2.75, 3.05) is 12.3 Å². The number of nitrogens with zero attached hydrogens (tertiary/aromatic N) is 3. The Morgan fingerprint density at radius 1 is 1.62 bits per heavy atom. The summed E-state index contributed by atoms with van der Waals surface area (Å²) in [7, 11) is 0. The topological polar surface area (TPSA) is 92.3 Å². The third-order valence-corrected chi connectivity index (χ3v) is 3.84. The first-order valence-electron chi connectivity index (χ1n) is 6.41. The number of rotatable bonds is 8. The van der Waals surface area contributed by atoms with Gasteiger partial charge in [0.05, 0.1) is 6.54 Å². The average molecular weight is 308 g/mol. The molecule has 0 aliphatic carbocycles. The SMILES string of the molecule is C=CS/C(CCO)=C(/C)N(C=O)Cc1cnc(C)nc1N. The van der Waals surface area contributed by atoms with Crippen molar-refractivity contribution in [1.82, 2.24) is 14.9 Å². The third kappa shape index (κ3) is 4.87. The average Bonchev–Trinajstić information content (AvgIpc) is 2.45. The monoisotopic (exact) mass is 308 g/mol. The molecule has 0 saturated heterocycles. The minimum atomic E-state index is 0.00991. The quantitative estimate of drug-likeness (QED) is 0.712. The lowest BCUT2D eigenvalue weighted by molar-refractivity contribution is -0.116. The van der Waals surface area contributed by atoms with E-state index in [0.29, 0.717) is 23.6 Å². The summed E-state index contributed by atoms with van der Waals surface area (Å²) in [6.45, 7) is 7.53. The molecule has 1 amide bonds. The van der Waals surface area contributed by atoms with E-state index in [9.17, 15) is 4.79 Å². The van der Waals surface area contributed by atoms with Crippen LogP contribution in [0.4, 0.5) is 5.82 Å². The first-order valence-corrected chi connectivity index (χ1v) is 7.29. The van der Waals surface area contributed by atoms with Crippen LogP contribution in [0.3, 0.4) is 0 Å². The van der Waals surface area contributed by atoms with Crippen molar-refractivity contribution >= 4 is 24.0 Å². The molecule has 0 spiro atoms. The molecule has 0 atom stereocenters. The highest BCUT2D eigenvalue weighted by Crippen LogP contribution is 2.26. The van der Waals surface area contributed by atoms with Crippen LogP contribution in [0.5, 0.6) is 0 Å². The van der Waals surface area contributed by atoms with Crippen LogP contribution < -0.4 is 5.73 Å². The van der Waals surface area contributed by atoms with E-state index in [2.05, 4.69) is 16.5 Å². The highest BCUT2D eigenvalue weighted by molar-refractivity contribution is 8.05. The number of aryl methyl sites for hydroxylation is 1. The van der Waals surface area contributed by atoms with Gasteiger partial charge in [0.15, 0.2) is 0 Å². The van der Waals surface area contributed by atoms with E-state index in [4.69, 9.17) is 10.8 Å². The number of nitrogens with two attached hydrogens (primary N) is 1. The van der Waals surface area contributed by atoms with E-state index in [1.807, 2.05) is 6.92 Å². The number of hydrogen-bond donors (Lipinski definition) is 2. The molecule has 0 unspecified atom stereocenters. The Hall–Kier alpha value is -1.86. The zero-order chi connectivity index (χ0) is 15.8. The highest BCUT2D eigenvalue weighted by atomic mass is 32.2. The molecular weight excluding hydrogens is 288 g/mol. The second-order valence-electron chi connectivity index (χ2n) is 4.33. The molecule has 21 heavy (non-hydrogen) atoms. The van der Waals surface area contributed by atoms with Crippen LogP contribution in [0, 0.1) is 6.92 Å². The normalized spacial score (nSPS) is 11.8. The minimum Gasteiger partial charge on any atom is -0.396 e.